The molecule has 0 spiro atoms. The number of hydrogen-bond donors (Lipinski definition) is 1. The maximum absolute atomic E-state index is 13.0. The first-order valence-corrected chi connectivity index (χ1v) is 11.7. The van der Waals surface area contributed by atoms with Gasteiger partial charge < -0.3 is 10.1 Å². The first-order valence-electron chi connectivity index (χ1n) is 9.48. The Balaban J connectivity index is 1.54. The number of sulfonamides is 1. The number of amides is 1. The van der Waals surface area contributed by atoms with E-state index in [0.29, 0.717) is 19.3 Å². The van der Waals surface area contributed by atoms with E-state index in [4.69, 9.17) is 27.9 Å². The van der Waals surface area contributed by atoms with Crippen molar-refractivity contribution in [3.05, 3.63) is 27.7 Å². The molecule has 154 valence electrons. The van der Waals surface area contributed by atoms with E-state index in [1.807, 2.05) is 0 Å². The van der Waals surface area contributed by atoms with Gasteiger partial charge in [-0.15, -0.1) is 0 Å². The van der Waals surface area contributed by atoms with Gasteiger partial charge in [0.2, 0.25) is 10.0 Å². The summed E-state index contributed by atoms with van der Waals surface area (Å²) in [7, 11) is -3.83. The summed E-state index contributed by atoms with van der Waals surface area (Å²) in [5.41, 5.74) is 0.128. The van der Waals surface area contributed by atoms with Crippen molar-refractivity contribution in [1.82, 2.24) is 14.5 Å². The summed E-state index contributed by atoms with van der Waals surface area (Å²) in [6, 6.07) is 3.32. The highest BCUT2D eigenvalue weighted by atomic mass is 35.5. The molecule has 1 unspecified atom stereocenters. The van der Waals surface area contributed by atoms with E-state index in [1.165, 1.54) is 29.3 Å². The van der Waals surface area contributed by atoms with Gasteiger partial charge in [0.05, 0.1) is 28.8 Å². The number of hydrogen-bond acceptors (Lipinski definition) is 5. The lowest BCUT2D eigenvalue weighted by Gasteiger charge is -2.26. The number of carbonyl (C=O) groups is 1. The lowest BCUT2D eigenvalue weighted by atomic mass is 10.2. The topological polar surface area (TPSA) is 79.0 Å². The third kappa shape index (κ3) is 4.17. The predicted octanol–water partition coefficient (Wildman–Crippen LogP) is 1.98. The first kappa shape index (κ1) is 20.4. The van der Waals surface area contributed by atoms with Crippen LogP contribution in [0.15, 0.2) is 17.0 Å². The largest absolute Gasteiger partial charge is 0.379 e. The quantitative estimate of drug-likeness (QED) is 0.746. The minimum Gasteiger partial charge on any atom is -0.379 e. The van der Waals surface area contributed by atoms with Crippen molar-refractivity contribution in [2.45, 2.75) is 36.2 Å². The highest BCUT2D eigenvalue weighted by Crippen LogP contribution is 2.32. The molecule has 3 aliphatic rings. The molecule has 0 bridgehead atoms. The molecule has 1 atom stereocenters. The highest BCUT2D eigenvalue weighted by molar-refractivity contribution is 7.89. The molecule has 2 aliphatic heterocycles. The summed E-state index contributed by atoms with van der Waals surface area (Å²) in [4.78, 5) is 15.1. The van der Waals surface area contributed by atoms with Gasteiger partial charge in [-0.3, -0.25) is 9.69 Å². The Morgan fingerprint density at radius 2 is 1.79 bits per heavy atom. The second-order valence-corrected chi connectivity index (χ2v) is 10.2. The fourth-order valence-corrected chi connectivity index (χ4v) is 6.01. The molecule has 10 heteroatoms. The van der Waals surface area contributed by atoms with E-state index in [1.54, 1.807) is 0 Å². The number of morpholine rings is 1. The number of nitrogens with zero attached hydrogens (tertiary/aromatic N) is 2. The van der Waals surface area contributed by atoms with E-state index >= 15 is 0 Å². The zero-order valence-corrected chi connectivity index (χ0v) is 17.7. The van der Waals surface area contributed by atoms with Crippen LogP contribution in [0.25, 0.3) is 0 Å². The number of likely N-dealkylation sites (tertiary alicyclic amines) is 1. The van der Waals surface area contributed by atoms with Gasteiger partial charge in [0.1, 0.15) is 4.90 Å². The molecule has 1 N–H and O–H groups in total. The van der Waals surface area contributed by atoms with Crippen molar-refractivity contribution in [1.29, 1.82) is 0 Å². The first-order chi connectivity index (χ1) is 13.4. The molecule has 1 aromatic rings. The smallest absolute Gasteiger partial charge is 0.253 e. The molecule has 1 saturated carbocycles. The van der Waals surface area contributed by atoms with Crippen LogP contribution in [0.4, 0.5) is 0 Å². The average Bonchev–Trinajstić information content (AvgIpc) is 3.42. The highest BCUT2D eigenvalue weighted by Gasteiger charge is 2.35. The van der Waals surface area contributed by atoms with Gasteiger partial charge in [0, 0.05) is 38.3 Å². The van der Waals surface area contributed by atoms with Crippen molar-refractivity contribution < 1.29 is 17.9 Å². The van der Waals surface area contributed by atoms with E-state index in [2.05, 4.69) is 10.2 Å². The van der Waals surface area contributed by atoms with Crippen LogP contribution in [0.5, 0.6) is 0 Å². The summed E-state index contributed by atoms with van der Waals surface area (Å²) in [6.07, 6.45) is 3.34. The van der Waals surface area contributed by atoms with Crippen LogP contribution in [-0.2, 0) is 14.8 Å². The molecule has 7 nitrogen and oxygen atoms in total. The Labute approximate surface area is 175 Å². The lowest BCUT2D eigenvalue weighted by Crippen LogP contribution is -2.41. The maximum Gasteiger partial charge on any atom is 0.253 e. The van der Waals surface area contributed by atoms with Crippen LogP contribution >= 0.6 is 23.2 Å². The number of halogens is 2. The second kappa shape index (κ2) is 8.08. The number of benzene rings is 1. The third-order valence-corrected chi connectivity index (χ3v) is 8.15. The lowest BCUT2D eigenvalue weighted by molar-refractivity contribution is 0.0730. The van der Waals surface area contributed by atoms with Crippen LogP contribution < -0.4 is 5.32 Å². The molecular formula is C18H23Cl2N3O4S. The Morgan fingerprint density at radius 1 is 1.07 bits per heavy atom. The van der Waals surface area contributed by atoms with Crippen LogP contribution in [0.1, 0.15) is 29.6 Å². The van der Waals surface area contributed by atoms with Crippen molar-refractivity contribution in [2.75, 3.05) is 39.4 Å². The molecular weight excluding hydrogens is 425 g/mol. The van der Waals surface area contributed by atoms with E-state index < -0.39 is 10.0 Å². The molecule has 3 fully saturated rings. The maximum atomic E-state index is 13.0. The monoisotopic (exact) mass is 447 g/mol. The molecule has 2 saturated heterocycles. The van der Waals surface area contributed by atoms with Gasteiger partial charge in [-0.1, -0.05) is 23.2 Å². The van der Waals surface area contributed by atoms with Gasteiger partial charge in [0.25, 0.3) is 5.91 Å². The molecule has 1 aliphatic carbocycles. The zero-order valence-electron chi connectivity index (χ0n) is 15.4. The minimum atomic E-state index is -3.83. The van der Waals surface area contributed by atoms with Gasteiger partial charge >= 0.3 is 0 Å². The molecule has 0 aromatic heterocycles. The van der Waals surface area contributed by atoms with Crippen LogP contribution in [0, 0.1) is 0 Å². The minimum absolute atomic E-state index is 0.00816. The van der Waals surface area contributed by atoms with E-state index in [0.717, 1.165) is 19.5 Å². The second-order valence-electron chi connectivity index (χ2n) is 7.46. The number of rotatable bonds is 5. The van der Waals surface area contributed by atoms with E-state index in [-0.39, 0.29) is 45.5 Å². The number of carbonyl (C=O) groups excluding carboxylic acids is 1. The van der Waals surface area contributed by atoms with Crippen molar-refractivity contribution >= 4 is 39.1 Å². The summed E-state index contributed by atoms with van der Waals surface area (Å²) in [5.74, 6) is -0.372. The SMILES string of the molecule is O=C(NC1CCN(C2CC2)C1)c1cc(S(=O)(=O)N2CCOCC2)c(Cl)cc1Cl. The molecule has 1 aromatic carbocycles. The Bertz CT molecular complexity index is 870. The van der Waals surface area contributed by atoms with Gasteiger partial charge in [-0.05, 0) is 31.4 Å². The number of ether oxygens (including phenoxy) is 1. The Morgan fingerprint density at radius 3 is 2.46 bits per heavy atom. The summed E-state index contributed by atoms with van der Waals surface area (Å²) in [6.45, 7) is 2.96. The van der Waals surface area contributed by atoms with Crippen molar-refractivity contribution in [3.63, 3.8) is 0 Å². The molecule has 4 rings (SSSR count). The Hall–Kier alpha value is -0.900. The number of nitrogens with one attached hydrogen (secondary N) is 1. The fraction of sp³-hybridized carbons (Fsp3) is 0.611. The van der Waals surface area contributed by atoms with Gasteiger partial charge in [0.15, 0.2) is 0 Å². The van der Waals surface area contributed by atoms with Crippen molar-refractivity contribution in [3.8, 4) is 0 Å². The normalized spacial score (nSPS) is 24.4. The zero-order chi connectivity index (χ0) is 19.9. The fourth-order valence-electron chi connectivity index (χ4n) is 3.77. The summed E-state index contributed by atoms with van der Waals surface area (Å²) >= 11 is 12.4. The van der Waals surface area contributed by atoms with Gasteiger partial charge in [-0.25, -0.2) is 8.42 Å². The molecule has 0 radical (unpaired) electrons. The third-order valence-electron chi connectivity index (χ3n) is 5.47. The standard InChI is InChI=1S/C18H23Cl2N3O4S/c19-15-10-16(20)17(28(25,26)23-5-7-27-8-6-23)9-14(15)18(24)21-12-3-4-22(11-12)13-1-2-13/h9-10,12-13H,1-8,11H2,(H,21,24). The molecule has 1 amide bonds. The van der Waals surface area contributed by atoms with E-state index in [9.17, 15) is 13.2 Å². The van der Waals surface area contributed by atoms with Crippen LogP contribution in [0.2, 0.25) is 10.0 Å². The van der Waals surface area contributed by atoms with Crippen LogP contribution in [0.3, 0.4) is 0 Å². The average molecular weight is 448 g/mol. The predicted molar refractivity (Wildman–Crippen MR) is 107 cm³/mol. The van der Waals surface area contributed by atoms with Gasteiger partial charge in [-0.2, -0.15) is 4.31 Å². The molecule has 28 heavy (non-hydrogen) atoms. The Kier molecular flexibility index (Phi) is 5.88. The molecule has 2 heterocycles. The van der Waals surface area contributed by atoms with Crippen LogP contribution in [-0.4, -0.2) is 75.0 Å². The van der Waals surface area contributed by atoms with Crippen molar-refractivity contribution in [2.24, 2.45) is 0 Å². The summed E-state index contributed by atoms with van der Waals surface area (Å²) in [5, 5.41) is 3.14. The summed E-state index contributed by atoms with van der Waals surface area (Å²) < 4.78 is 32.5.